The molecule has 0 saturated heterocycles. The van der Waals surface area contributed by atoms with Gasteiger partial charge in [-0.1, -0.05) is 0 Å². The second kappa shape index (κ2) is 1.86. The molecule has 1 aliphatic rings. The van der Waals surface area contributed by atoms with Gasteiger partial charge in [-0.25, -0.2) is 0 Å². The number of nitrogens with zero attached hydrogens (tertiary/aromatic N) is 2. The highest BCUT2D eigenvalue weighted by molar-refractivity contribution is 5.51. The van der Waals surface area contributed by atoms with Crippen LogP contribution in [0.25, 0.3) is 0 Å². The molecule has 0 fully saturated rings. The standard InChI is InChI=1S/C4H8N4/c1-8-4(5)6-2-3-7-8/h2,4,6H,5H2,1H3. The highest BCUT2D eigenvalue weighted by atomic mass is 15.5. The molecule has 0 aromatic heterocycles. The number of rotatable bonds is 0. The predicted octanol–water partition coefficient (Wildman–Crippen LogP) is -1.14. The van der Waals surface area contributed by atoms with E-state index in [-0.39, 0.29) is 6.29 Å². The molecule has 1 atom stereocenters. The van der Waals surface area contributed by atoms with Gasteiger partial charge in [0.2, 0.25) is 0 Å². The molecule has 1 aliphatic heterocycles. The van der Waals surface area contributed by atoms with Crippen molar-refractivity contribution in [3.8, 4) is 0 Å². The minimum atomic E-state index is -0.198. The number of nitrogens with two attached hydrogens (primary N) is 1. The van der Waals surface area contributed by atoms with Gasteiger partial charge in [0.1, 0.15) is 0 Å². The highest BCUT2D eigenvalue weighted by Gasteiger charge is 2.03. The normalized spacial score (nSPS) is 25.8. The van der Waals surface area contributed by atoms with Crippen molar-refractivity contribution >= 4 is 5.87 Å². The van der Waals surface area contributed by atoms with Crippen LogP contribution in [0.4, 0.5) is 0 Å². The van der Waals surface area contributed by atoms with Gasteiger partial charge in [-0.2, -0.15) is 0 Å². The Morgan fingerprint density at radius 1 is 2.00 bits per heavy atom. The van der Waals surface area contributed by atoms with Crippen LogP contribution in [0.1, 0.15) is 0 Å². The lowest BCUT2D eigenvalue weighted by atomic mass is 10.7. The molecule has 0 bridgehead atoms. The summed E-state index contributed by atoms with van der Waals surface area (Å²) in [6, 6.07) is 0. The fraction of sp³-hybridized carbons (Fsp3) is 0.500. The molecule has 0 radical (unpaired) electrons. The topological polar surface area (TPSA) is 53.6 Å². The first-order valence-electron chi connectivity index (χ1n) is 2.33. The quantitative estimate of drug-likeness (QED) is 0.416. The van der Waals surface area contributed by atoms with Gasteiger partial charge in [0, 0.05) is 12.9 Å². The fourth-order valence-corrected chi connectivity index (χ4v) is 0.413. The van der Waals surface area contributed by atoms with Crippen molar-refractivity contribution in [1.82, 2.24) is 10.3 Å². The summed E-state index contributed by atoms with van der Waals surface area (Å²) in [6.07, 6.45) is 1.39. The van der Waals surface area contributed by atoms with Gasteiger partial charge in [-0.05, 0) is 0 Å². The van der Waals surface area contributed by atoms with Crippen LogP contribution in [-0.4, -0.2) is 24.2 Å². The Morgan fingerprint density at radius 2 is 2.75 bits per heavy atom. The van der Waals surface area contributed by atoms with E-state index in [1.165, 1.54) is 0 Å². The van der Waals surface area contributed by atoms with Crippen LogP contribution < -0.4 is 11.1 Å². The zero-order valence-corrected chi connectivity index (χ0v) is 4.63. The predicted molar refractivity (Wildman–Crippen MR) is 30.9 cm³/mol. The van der Waals surface area contributed by atoms with E-state index in [0.717, 1.165) is 0 Å². The summed E-state index contributed by atoms with van der Waals surface area (Å²) >= 11 is 0. The zero-order chi connectivity index (χ0) is 5.98. The van der Waals surface area contributed by atoms with Crippen molar-refractivity contribution < 1.29 is 0 Å². The average molecular weight is 112 g/mol. The smallest absolute Gasteiger partial charge is 0.168 e. The third-order valence-corrected chi connectivity index (χ3v) is 0.937. The monoisotopic (exact) mass is 112 g/mol. The molecule has 44 valence electrons. The molecule has 8 heavy (non-hydrogen) atoms. The molecule has 0 amide bonds. The fourth-order valence-electron chi connectivity index (χ4n) is 0.413. The lowest BCUT2D eigenvalue weighted by Crippen LogP contribution is -2.47. The second-order valence-electron chi connectivity index (χ2n) is 1.56. The number of hydrogen-bond acceptors (Lipinski definition) is 4. The van der Waals surface area contributed by atoms with E-state index in [1.807, 2.05) is 0 Å². The number of hydrogen-bond donors (Lipinski definition) is 2. The molecule has 1 rings (SSSR count). The van der Waals surface area contributed by atoms with Crippen molar-refractivity contribution in [2.24, 2.45) is 10.8 Å². The number of hydrazone groups is 1. The van der Waals surface area contributed by atoms with Crippen LogP contribution in [0.15, 0.2) is 11.3 Å². The second-order valence-corrected chi connectivity index (χ2v) is 1.56. The lowest BCUT2D eigenvalue weighted by molar-refractivity contribution is 0.232. The van der Waals surface area contributed by atoms with E-state index in [0.29, 0.717) is 0 Å². The molecular weight excluding hydrogens is 104 g/mol. The summed E-state index contributed by atoms with van der Waals surface area (Å²) in [5, 5.41) is 8.14. The van der Waals surface area contributed by atoms with Gasteiger partial charge in [0.25, 0.3) is 0 Å². The van der Waals surface area contributed by atoms with Crippen LogP contribution in [0, 0.1) is 0 Å². The summed E-state index contributed by atoms with van der Waals surface area (Å²) in [7, 11) is 1.78. The van der Waals surface area contributed by atoms with Gasteiger partial charge in [0.05, 0.1) is 6.20 Å². The summed E-state index contributed by atoms with van der Waals surface area (Å²) in [6.45, 7) is 0. The van der Waals surface area contributed by atoms with Crippen molar-refractivity contribution in [3.63, 3.8) is 0 Å². The van der Waals surface area contributed by atoms with Crippen molar-refractivity contribution in [1.29, 1.82) is 0 Å². The number of nitrogens with one attached hydrogen (secondary N) is 1. The van der Waals surface area contributed by atoms with Crippen molar-refractivity contribution in [3.05, 3.63) is 6.20 Å². The Bertz CT molecular complexity index is 135. The molecule has 0 aromatic carbocycles. The molecular formula is C4H8N4. The highest BCUT2D eigenvalue weighted by Crippen LogP contribution is 1.86. The Balaban J connectivity index is 2.62. The van der Waals surface area contributed by atoms with Crippen LogP contribution in [0.3, 0.4) is 0 Å². The molecule has 0 spiro atoms. The van der Waals surface area contributed by atoms with E-state index >= 15 is 0 Å². The average Bonchev–Trinajstić information content (AvgIpc) is 1.77. The summed E-state index contributed by atoms with van der Waals surface area (Å²) in [4.78, 5) is 0. The van der Waals surface area contributed by atoms with E-state index in [2.05, 4.69) is 16.3 Å². The van der Waals surface area contributed by atoms with Gasteiger partial charge in [0.15, 0.2) is 6.29 Å². The molecule has 0 aromatic rings. The molecule has 4 heteroatoms. The largest absolute Gasteiger partial charge is 0.350 e. The van der Waals surface area contributed by atoms with Crippen LogP contribution in [0.5, 0.6) is 0 Å². The molecule has 4 nitrogen and oxygen atoms in total. The van der Waals surface area contributed by atoms with Crippen LogP contribution >= 0.6 is 0 Å². The Hall–Kier alpha value is -0.990. The Labute approximate surface area is 47.7 Å². The summed E-state index contributed by atoms with van der Waals surface area (Å²) in [5.41, 5.74) is 5.43. The van der Waals surface area contributed by atoms with Crippen LogP contribution in [0.2, 0.25) is 0 Å². The third-order valence-electron chi connectivity index (χ3n) is 0.937. The van der Waals surface area contributed by atoms with Gasteiger partial charge < -0.3 is 5.32 Å². The minimum Gasteiger partial charge on any atom is -0.350 e. The zero-order valence-electron chi connectivity index (χ0n) is 4.63. The van der Waals surface area contributed by atoms with E-state index in [1.54, 1.807) is 18.3 Å². The maximum atomic E-state index is 5.43. The first kappa shape index (κ1) is 5.15. The molecule has 0 saturated carbocycles. The van der Waals surface area contributed by atoms with Crippen LogP contribution in [-0.2, 0) is 0 Å². The van der Waals surface area contributed by atoms with Gasteiger partial charge in [-0.3, -0.25) is 10.7 Å². The first-order chi connectivity index (χ1) is 3.80. The molecule has 0 aliphatic carbocycles. The maximum Gasteiger partial charge on any atom is 0.168 e. The lowest BCUT2D eigenvalue weighted by Gasteiger charge is -2.21. The van der Waals surface area contributed by atoms with Gasteiger partial charge >= 0.3 is 0 Å². The Kier molecular flexibility index (Phi) is 1.20. The Morgan fingerprint density at radius 3 is 3.12 bits per heavy atom. The minimum absolute atomic E-state index is 0.198. The summed E-state index contributed by atoms with van der Waals surface area (Å²) < 4.78 is 0. The molecule has 1 heterocycles. The molecule has 1 unspecified atom stereocenters. The first-order valence-corrected chi connectivity index (χ1v) is 2.33. The van der Waals surface area contributed by atoms with E-state index < -0.39 is 0 Å². The van der Waals surface area contributed by atoms with E-state index in [9.17, 15) is 0 Å². The SMILES string of the molecule is CN1N=C=CNC1N. The van der Waals surface area contributed by atoms with E-state index in [4.69, 9.17) is 5.73 Å². The summed E-state index contributed by atoms with van der Waals surface area (Å²) in [5.74, 6) is 2.60. The molecule has 3 N–H and O–H groups in total. The third kappa shape index (κ3) is 0.804. The van der Waals surface area contributed by atoms with Crippen molar-refractivity contribution in [2.45, 2.75) is 6.29 Å². The maximum absolute atomic E-state index is 5.43. The van der Waals surface area contributed by atoms with Crippen molar-refractivity contribution in [2.75, 3.05) is 7.05 Å². The van der Waals surface area contributed by atoms with Gasteiger partial charge in [-0.15, -0.1) is 5.10 Å².